The molecule has 35 heavy (non-hydrogen) atoms. The SMILES string of the molecule is C[C@H](Sc1nnc(CNc2ccc(I)cc2)n1-c1ccccc1)C(=O)N/N=C\c1ccc(Cl)cc1. The minimum Gasteiger partial charge on any atom is -0.378 e. The number of aromatic nitrogens is 3. The Kier molecular flexibility index (Phi) is 8.78. The van der Waals surface area contributed by atoms with Crippen molar-refractivity contribution >= 4 is 63.8 Å². The molecule has 4 aromatic rings. The molecule has 3 aromatic carbocycles. The van der Waals surface area contributed by atoms with Gasteiger partial charge in [0.15, 0.2) is 11.0 Å². The summed E-state index contributed by atoms with van der Waals surface area (Å²) in [5, 5.41) is 17.1. The maximum Gasteiger partial charge on any atom is 0.253 e. The van der Waals surface area contributed by atoms with E-state index in [0.717, 1.165) is 22.8 Å². The van der Waals surface area contributed by atoms with Gasteiger partial charge in [0.25, 0.3) is 5.91 Å². The van der Waals surface area contributed by atoms with Gasteiger partial charge in [-0.2, -0.15) is 5.10 Å². The lowest BCUT2D eigenvalue weighted by molar-refractivity contribution is -0.120. The third kappa shape index (κ3) is 7.06. The molecule has 1 amide bonds. The number of nitrogens with zero attached hydrogens (tertiary/aromatic N) is 4. The Hall–Kier alpha value is -2.89. The third-order valence-corrected chi connectivity index (χ3v) is 6.93. The molecule has 0 unspecified atom stereocenters. The summed E-state index contributed by atoms with van der Waals surface area (Å²) in [5.74, 6) is 0.506. The maximum absolute atomic E-state index is 12.6. The predicted molar refractivity (Wildman–Crippen MR) is 150 cm³/mol. The van der Waals surface area contributed by atoms with Crippen molar-refractivity contribution in [1.82, 2.24) is 20.2 Å². The van der Waals surface area contributed by atoms with E-state index in [0.29, 0.717) is 16.7 Å². The summed E-state index contributed by atoms with van der Waals surface area (Å²) in [6.07, 6.45) is 1.58. The van der Waals surface area contributed by atoms with Crippen molar-refractivity contribution in [2.75, 3.05) is 5.32 Å². The highest BCUT2D eigenvalue weighted by molar-refractivity contribution is 14.1. The second-order valence-corrected chi connectivity index (χ2v) is 10.5. The smallest absolute Gasteiger partial charge is 0.253 e. The molecule has 0 aliphatic carbocycles. The average molecular weight is 617 g/mol. The number of carbonyl (C=O) groups excluding carboxylic acids is 1. The molecule has 1 heterocycles. The van der Waals surface area contributed by atoms with E-state index in [1.54, 1.807) is 18.3 Å². The van der Waals surface area contributed by atoms with Gasteiger partial charge in [-0.1, -0.05) is 53.7 Å². The number of amides is 1. The number of benzene rings is 3. The van der Waals surface area contributed by atoms with Crippen LogP contribution in [0.3, 0.4) is 0 Å². The molecule has 0 bridgehead atoms. The minimum absolute atomic E-state index is 0.235. The molecule has 0 spiro atoms. The minimum atomic E-state index is -0.443. The van der Waals surface area contributed by atoms with Crippen LogP contribution in [0.15, 0.2) is 89.1 Å². The van der Waals surface area contributed by atoms with E-state index in [1.165, 1.54) is 15.3 Å². The molecule has 2 N–H and O–H groups in total. The topological polar surface area (TPSA) is 84.2 Å². The van der Waals surface area contributed by atoms with E-state index < -0.39 is 5.25 Å². The quantitative estimate of drug-likeness (QED) is 0.108. The summed E-state index contributed by atoms with van der Waals surface area (Å²) in [6.45, 7) is 2.29. The summed E-state index contributed by atoms with van der Waals surface area (Å²) < 4.78 is 3.13. The van der Waals surface area contributed by atoms with Crippen LogP contribution < -0.4 is 10.7 Å². The van der Waals surface area contributed by atoms with Crippen LogP contribution in [-0.4, -0.2) is 32.1 Å². The fourth-order valence-electron chi connectivity index (χ4n) is 3.10. The number of carbonyl (C=O) groups is 1. The molecule has 0 saturated carbocycles. The number of rotatable bonds is 9. The van der Waals surface area contributed by atoms with Crippen molar-refractivity contribution in [3.63, 3.8) is 0 Å². The van der Waals surface area contributed by atoms with E-state index in [9.17, 15) is 4.79 Å². The molecule has 1 atom stereocenters. The van der Waals surface area contributed by atoms with Crippen molar-refractivity contribution in [3.05, 3.63) is 98.8 Å². The standard InChI is InChI=1S/C25H22ClIN6OS/c1-17(24(34)31-29-15-18-7-9-19(26)10-8-18)35-25-32-30-23(33(25)22-5-3-2-4-6-22)16-28-21-13-11-20(27)12-14-21/h2-15,17,28H,16H2,1H3,(H,31,34)/b29-15-/t17-/m0/s1. The zero-order valence-electron chi connectivity index (χ0n) is 18.7. The molecule has 10 heteroatoms. The first-order chi connectivity index (χ1) is 17.0. The fraction of sp³-hybridized carbons (Fsp3) is 0.120. The molecule has 0 fully saturated rings. The zero-order chi connectivity index (χ0) is 24.6. The number of hydrogen-bond donors (Lipinski definition) is 2. The first-order valence-electron chi connectivity index (χ1n) is 10.7. The first kappa shape index (κ1) is 25.2. The molecular weight excluding hydrogens is 595 g/mol. The van der Waals surface area contributed by atoms with Gasteiger partial charge in [0, 0.05) is 20.0 Å². The van der Waals surface area contributed by atoms with Gasteiger partial charge in [-0.15, -0.1) is 10.2 Å². The van der Waals surface area contributed by atoms with Crippen LogP contribution in [0.5, 0.6) is 0 Å². The van der Waals surface area contributed by atoms with Crippen LogP contribution in [0.4, 0.5) is 5.69 Å². The summed E-state index contributed by atoms with van der Waals surface area (Å²) in [4.78, 5) is 12.6. The van der Waals surface area contributed by atoms with Crippen LogP contribution in [-0.2, 0) is 11.3 Å². The fourth-order valence-corrected chi connectivity index (χ4v) is 4.46. The summed E-state index contributed by atoms with van der Waals surface area (Å²) in [6, 6.07) is 25.2. The highest BCUT2D eigenvalue weighted by Crippen LogP contribution is 2.26. The predicted octanol–water partition coefficient (Wildman–Crippen LogP) is 5.77. The van der Waals surface area contributed by atoms with Gasteiger partial charge < -0.3 is 5.32 Å². The van der Waals surface area contributed by atoms with Gasteiger partial charge in [-0.25, -0.2) is 5.43 Å². The molecule has 0 radical (unpaired) electrons. The second-order valence-electron chi connectivity index (χ2n) is 7.48. The lowest BCUT2D eigenvalue weighted by Gasteiger charge is -2.13. The van der Waals surface area contributed by atoms with Crippen LogP contribution >= 0.6 is 46.0 Å². The molecule has 1 aromatic heterocycles. The third-order valence-electron chi connectivity index (χ3n) is 4.92. The summed E-state index contributed by atoms with van der Waals surface area (Å²) >= 11 is 9.50. The monoisotopic (exact) mass is 616 g/mol. The van der Waals surface area contributed by atoms with E-state index >= 15 is 0 Å². The maximum atomic E-state index is 12.6. The normalized spacial score (nSPS) is 12.0. The van der Waals surface area contributed by atoms with E-state index in [-0.39, 0.29) is 5.91 Å². The number of nitrogens with one attached hydrogen (secondary N) is 2. The van der Waals surface area contributed by atoms with E-state index in [2.05, 4.69) is 48.6 Å². The number of para-hydroxylation sites is 1. The Morgan fingerprint density at radius 3 is 2.51 bits per heavy atom. The molecule has 4 rings (SSSR count). The van der Waals surface area contributed by atoms with Crippen LogP contribution in [0.2, 0.25) is 5.02 Å². The van der Waals surface area contributed by atoms with Crippen molar-refractivity contribution in [2.24, 2.45) is 5.10 Å². The lowest BCUT2D eigenvalue weighted by Crippen LogP contribution is -2.27. The molecule has 7 nitrogen and oxygen atoms in total. The number of anilines is 1. The van der Waals surface area contributed by atoms with Crippen molar-refractivity contribution in [3.8, 4) is 5.69 Å². The highest BCUT2D eigenvalue weighted by Gasteiger charge is 2.21. The lowest BCUT2D eigenvalue weighted by atomic mass is 10.2. The van der Waals surface area contributed by atoms with Gasteiger partial charge >= 0.3 is 0 Å². The number of hydrogen-bond acceptors (Lipinski definition) is 6. The molecule has 178 valence electrons. The molecular formula is C25H22ClIN6OS. The summed E-state index contributed by atoms with van der Waals surface area (Å²) in [7, 11) is 0. The van der Waals surface area contributed by atoms with Gasteiger partial charge in [0.2, 0.25) is 0 Å². The van der Waals surface area contributed by atoms with Crippen LogP contribution in [0.25, 0.3) is 5.69 Å². The highest BCUT2D eigenvalue weighted by atomic mass is 127. The Bertz CT molecular complexity index is 1300. The zero-order valence-corrected chi connectivity index (χ0v) is 22.5. The average Bonchev–Trinajstić information content (AvgIpc) is 3.27. The van der Waals surface area contributed by atoms with E-state index in [4.69, 9.17) is 11.6 Å². The van der Waals surface area contributed by atoms with Crippen molar-refractivity contribution in [2.45, 2.75) is 23.9 Å². The second kappa shape index (κ2) is 12.2. The van der Waals surface area contributed by atoms with Gasteiger partial charge in [0.1, 0.15) is 0 Å². The Balaban J connectivity index is 1.46. The van der Waals surface area contributed by atoms with Crippen LogP contribution in [0.1, 0.15) is 18.3 Å². The van der Waals surface area contributed by atoms with E-state index in [1.807, 2.05) is 78.2 Å². The largest absolute Gasteiger partial charge is 0.378 e. The Morgan fingerprint density at radius 2 is 1.80 bits per heavy atom. The number of hydrazone groups is 1. The molecule has 0 aliphatic rings. The number of halogens is 2. The first-order valence-corrected chi connectivity index (χ1v) is 13.1. The Morgan fingerprint density at radius 1 is 1.09 bits per heavy atom. The summed E-state index contributed by atoms with van der Waals surface area (Å²) in [5.41, 5.74) is 5.34. The Labute approximate surface area is 226 Å². The van der Waals surface area contributed by atoms with Crippen molar-refractivity contribution < 1.29 is 4.79 Å². The van der Waals surface area contributed by atoms with Gasteiger partial charge in [-0.05, 0) is 83.6 Å². The van der Waals surface area contributed by atoms with Gasteiger partial charge in [0.05, 0.1) is 18.0 Å². The molecule has 0 saturated heterocycles. The molecule has 0 aliphatic heterocycles. The number of thioether (sulfide) groups is 1. The van der Waals surface area contributed by atoms with Gasteiger partial charge in [-0.3, -0.25) is 9.36 Å². The van der Waals surface area contributed by atoms with Crippen molar-refractivity contribution in [1.29, 1.82) is 0 Å². The van der Waals surface area contributed by atoms with Crippen LogP contribution in [0, 0.1) is 3.57 Å².